The van der Waals surface area contributed by atoms with E-state index in [0.29, 0.717) is 0 Å². The quantitative estimate of drug-likeness (QED) is 0.415. The molecule has 0 fully saturated rings. The van der Waals surface area contributed by atoms with Gasteiger partial charge in [-0.05, 0) is 25.2 Å². The van der Waals surface area contributed by atoms with Gasteiger partial charge in [-0.1, -0.05) is 51.9 Å². The Hall–Kier alpha value is 0.647. The van der Waals surface area contributed by atoms with E-state index >= 15 is 0 Å². The summed E-state index contributed by atoms with van der Waals surface area (Å²) in [5.41, 5.74) is 0. The van der Waals surface area contributed by atoms with Crippen molar-refractivity contribution in [1.82, 2.24) is 0 Å². The van der Waals surface area contributed by atoms with E-state index in [9.17, 15) is 0 Å². The van der Waals surface area contributed by atoms with Gasteiger partial charge in [0.05, 0.1) is 0 Å². The molecular weight excluding hydrogens is 203 g/mol. The molecule has 14 heavy (non-hydrogen) atoms. The molecule has 0 aromatic carbocycles. The monoisotopic (exact) mass is 232 g/mol. The minimum atomic E-state index is -0.766. The molecule has 2 atom stereocenters. The van der Waals surface area contributed by atoms with Crippen LogP contribution in [0.4, 0.5) is 0 Å². The van der Waals surface area contributed by atoms with Crippen LogP contribution in [0.25, 0.3) is 0 Å². The molecule has 86 valence electrons. The molecule has 0 saturated heterocycles. The zero-order valence-corrected chi connectivity index (χ0v) is 12.8. The van der Waals surface area contributed by atoms with E-state index < -0.39 is 8.07 Å². The third-order valence-corrected chi connectivity index (χ3v) is 5.56. The van der Waals surface area contributed by atoms with Crippen molar-refractivity contribution < 1.29 is 0 Å². The molecule has 0 nitrogen and oxygen atoms in total. The third kappa shape index (κ3) is 9.21. The van der Waals surface area contributed by atoms with Crippen LogP contribution in [0.1, 0.15) is 32.6 Å². The first-order valence-corrected chi connectivity index (χ1v) is 11.6. The summed E-state index contributed by atoms with van der Waals surface area (Å²) >= 11 is 0. The second-order valence-electron chi connectivity index (χ2n) is 5.62. The Morgan fingerprint density at radius 1 is 1.14 bits per heavy atom. The fourth-order valence-electron chi connectivity index (χ4n) is 1.82. The van der Waals surface area contributed by atoms with Crippen molar-refractivity contribution in [2.75, 3.05) is 12.8 Å². The summed E-state index contributed by atoms with van der Waals surface area (Å²) < 4.78 is 0. The van der Waals surface area contributed by atoms with Crippen LogP contribution in [0.3, 0.4) is 0 Å². The maximum absolute atomic E-state index is 2.49. The summed E-state index contributed by atoms with van der Waals surface area (Å²) in [5, 5.41) is 0. The van der Waals surface area contributed by atoms with Gasteiger partial charge in [-0.3, -0.25) is 0 Å². The molecule has 0 aliphatic heterocycles. The first-order valence-electron chi connectivity index (χ1n) is 6.14. The van der Waals surface area contributed by atoms with Gasteiger partial charge in [0.15, 0.2) is 0 Å². The smallest absolute Gasteiger partial charge is 0.0442 e. The van der Waals surface area contributed by atoms with E-state index in [1.165, 1.54) is 37.9 Å². The molecule has 0 aromatic heterocycles. The largest absolute Gasteiger partial charge is 0.125 e. The second-order valence-corrected chi connectivity index (χ2v) is 12.4. The van der Waals surface area contributed by atoms with Gasteiger partial charge in [-0.2, -0.15) is 0 Å². The molecule has 2 heteroatoms. The highest BCUT2D eigenvalue weighted by Gasteiger charge is 2.13. The molecule has 0 N–H and O–H groups in total. The lowest BCUT2D eigenvalue weighted by Gasteiger charge is -2.18. The van der Waals surface area contributed by atoms with Gasteiger partial charge in [-0.25, -0.2) is 0 Å². The van der Waals surface area contributed by atoms with Gasteiger partial charge < -0.3 is 0 Å². The Balaban J connectivity index is 3.52. The Labute approximate surface area is 94.0 Å². The maximum Gasteiger partial charge on any atom is 0.0442 e. The number of rotatable bonds is 8. The molecule has 0 heterocycles. The highest BCUT2D eigenvalue weighted by molar-refractivity contribution is 7.36. The highest BCUT2D eigenvalue weighted by atomic mass is 31.1. The van der Waals surface area contributed by atoms with Crippen LogP contribution in [-0.4, -0.2) is 20.9 Å². The van der Waals surface area contributed by atoms with E-state index in [1.54, 1.807) is 0 Å². The van der Waals surface area contributed by atoms with Crippen molar-refractivity contribution in [1.29, 1.82) is 0 Å². The standard InChI is InChI=1S/C12H29PSi/c1-6-12(9-10-13-2)8-7-11-14(3,4)5/h12-13H,6-11H2,1-5H3. The first kappa shape index (κ1) is 14.6. The van der Waals surface area contributed by atoms with Crippen molar-refractivity contribution in [3.8, 4) is 0 Å². The Morgan fingerprint density at radius 3 is 2.21 bits per heavy atom. The average Bonchev–Trinajstić information content (AvgIpc) is 2.09. The Kier molecular flexibility index (Phi) is 8.24. The zero-order chi connectivity index (χ0) is 11.0. The molecule has 0 bridgehead atoms. The summed E-state index contributed by atoms with van der Waals surface area (Å²) in [5.74, 6) is 1.03. The van der Waals surface area contributed by atoms with E-state index in [0.717, 1.165) is 14.5 Å². The van der Waals surface area contributed by atoms with Gasteiger partial charge >= 0.3 is 0 Å². The predicted octanol–water partition coefficient (Wildman–Crippen LogP) is 4.83. The van der Waals surface area contributed by atoms with Crippen LogP contribution in [0.2, 0.25) is 25.7 Å². The molecule has 0 radical (unpaired) electrons. The normalized spacial score (nSPS) is 15.2. The lowest BCUT2D eigenvalue weighted by molar-refractivity contribution is 0.452. The molecule has 0 rings (SSSR count). The summed E-state index contributed by atoms with van der Waals surface area (Å²) in [4.78, 5) is 0. The minimum Gasteiger partial charge on any atom is -0.125 e. The van der Waals surface area contributed by atoms with Gasteiger partial charge in [0.2, 0.25) is 0 Å². The van der Waals surface area contributed by atoms with Crippen LogP contribution in [0, 0.1) is 5.92 Å². The number of hydrogen-bond donors (Lipinski definition) is 0. The molecular formula is C12H29PSi. The summed E-state index contributed by atoms with van der Waals surface area (Å²) in [6.07, 6.45) is 7.32. The van der Waals surface area contributed by atoms with E-state index in [-0.39, 0.29) is 0 Å². The van der Waals surface area contributed by atoms with Crippen LogP contribution in [0.5, 0.6) is 0 Å². The fourth-order valence-corrected chi connectivity index (χ4v) is 3.78. The number of hydrogen-bond acceptors (Lipinski definition) is 0. The predicted molar refractivity (Wildman–Crippen MR) is 74.9 cm³/mol. The van der Waals surface area contributed by atoms with Crippen molar-refractivity contribution in [2.45, 2.75) is 58.3 Å². The summed E-state index contributed by atoms with van der Waals surface area (Å²) in [6.45, 7) is 12.1. The third-order valence-electron chi connectivity index (χ3n) is 2.92. The van der Waals surface area contributed by atoms with Crippen LogP contribution >= 0.6 is 8.58 Å². The Bertz CT molecular complexity index is 129. The molecule has 0 saturated carbocycles. The van der Waals surface area contributed by atoms with Crippen LogP contribution in [0.15, 0.2) is 0 Å². The zero-order valence-electron chi connectivity index (χ0n) is 10.8. The topological polar surface area (TPSA) is 0 Å². The van der Waals surface area contributed by atoms with E-state index in [2.05, 4.69) is 33.2 Å². The summed E-state index contributed by atoms with van der Waals surface area (Å²) in [7, 11) is 0.390. The molecule has 0 aliphatic carbocycles. The SMILES string of the molecule is CCC(CCC[Si](C)(C)C)CCPC. The minimum absolute atomic E-state index is 0.766. The molecule has 0 amide bonds. The van der Waals surface area contributed by atoms with Gasteiger partial charge in [-0.15, -0.1) is 8.58 Å². The Morgan fingerprint density at radius 2 is 1.79 bits per heavy atom. The van der Waals surface area contributed by atoms with Gasteiger partial charge in [0.25, 0.3) is 0 Å². The van der Waals surface area contributed by atoms with Gasteiger partial charge in [0.1, 0.15) is 0 Å². The molecule has 0 spiro atoms. The highest BCUT2D eigenvalue weighted by Crippen LogP contribution is 2.22. The fraction of sp³-hybridized carbons (Fsp3) is 1.00. The van der Waals surface area contributed by atoms with Crippen molar-refractivity contribution in [3.63, 3.8) is 0 Å². The lowest BCUT2D eigenvalue weighted by Crippen LogP contribution is -2.19. The average molecular weight is 232 g/mol. The maximum atomic E-state index is 2.49. The lowest BCUT2D eigenvalue weighted by atomic mass is 9.98. The van der Waals surface area contributed by atoms with Crippen molar-refractivity contribution in [3.05, 3.63) is 0 Å². The second kappa shape index (κ2) is 7.88. The molecule has 0 aromatic rings. The van der Waals surface area contributed by atoms with Crippen LogP contribution < -0.4 is 0 Å². The molecule has 0 aliphatic rings. The van der Waals surface area contributed by atoms with E-state index in [4.69, 9.17) is 0 Å². The van der Waals surface area contributed by atoms with Gasteiger partial charge in [0, 0.05) is 8.07 Å². The van der Waals surface area contributed by atoms with Crippen molar-refractivity contribution >= 4 is 16.7 Å². The van der Waals surface area contributed by atoms with Crippen molar-refractivity contribution in [2.24, 2.45) is 5.92 Å². The first-order chi connectivity index (χ1) is 6.49. The van der Waals surface area contributed by atoms with E-state index in [1.807, 2.05) is 0 Å². The molecule has 2 unspecified atom stereocenters. The van der Waals surface area contributed by atoms with Crippen LogP contribution in [-0.2, 0) is 0 Å². The summed E-state index contributed by atoms with van der Waals surface area (Å²) in [6, 6.07) is 1.53.